The Labute approximate surface area is 109 Å². The molecular formula is C13H10ClFN2O. The van der Waals surface area contributed by atoms with E-state index < -0.39 is 0 Å². The minimum absolute atomic E-state index is 0.0158. The van der Waals surface area contributed by atoms with Gasteiger partial charge in [0.15, 0.2) is 5.75 Å². The first-order chi connectivity index (χ1) is 8.65. The van der Waals surface area contributed by atoms with Crippen molar-refractivity contribution in [3.63, 3.8) is 0 Å². The van der Waals surface area contributed by atoms with Gasteiger partial charge in [0.25, 0.3) is 0 Å². The van der Waals surface area contributed by atoms with E-state index >= 15 is 0 Å². The van der Waals surface area contributed by atoms with Gasteiger partial charge in [0.1, 0.15) is 11.5 Å². The minimum atomic E-state index is -0.274. The molecule has 0 fully saturated rings. The number of hydrogen-bond donors (Lipinski definition) is 1. The second-order valence-electron chi connectivity index (χ2n) is 4.15. The molecule has 1 aliphatic heterocycles. The predicted molar refractivity (Wildman–Crippen MR) is 66.8 cm³/mol. The van der Waals surface area contributed by atoms with E-state index in [-0.39, 0.29) is 11.9 Å². The Hall–Kier alpha value is -1.65. The third kappa shape index (κ3) is 1.83. The lowest BCUT2D eigenvalue weighted by molar-refractivity contribution is 0.200. The number of hydroxylamine groups is 1. The molecule has 0 amide bonds. The minimum Gasteiger partial charge on any atom is -0.404 e. The van der Waals surface area contributed by atoms with Crippen LogP contribution in [0.1, 0.15) is 18.7 Å². The fourth-order valence-corrected chi connectivity index (χ4v) is 2.13. The lowest BCUT2D eigenvalue weighted by Gasteiger charge is -2.06. The summed E-state index contributed by atoms with van der Waals surface area (Å²) in [6.45, 7) is 1.93. The van der Waals surface area contributed by atoms with E-state index in [4.69, 9.17) is 16.4 Å². The van der Waals surface area contributed by atoms with Crippen molar-refractivity contribution in [2.24, 2.45) is 0 Å². The number of pyridine rings is 1. The Kier molecular flexibility index (Phi) is 2.69. The van der Waals surface area contributed by atoms with Crippen molar-refractivity contribution in [2.75, 3.05) is 0 Å². The van der Waals surface area contributed by atoms with Gasteiger partial charge < -0.3 is 4.84 Å². The maximum atomic E-state index is 12.9. The summed E-state index contributed by atoms with van der Waals surface area (Å²) in [5.74, 6) is 0.291. The van der Waals surface area contributed by atoms with Crippen LogP contribution in [0.3, 0.4) is 0 Å². The summed E-state index contributed by atoms with van der Waals surface area (Å²) in [6, 6.07) is 7.85. The second-order valence-corrected chi connectivity index (χ2v) is 4.56. The van der Waals surface area contributed by atoms with Gasteiger partial charge in [0, 0.05) is 5.56 Å². The molecule has 0 spiro atoms. The SMILES string of the molecule is CC1NOc2c(Cl)cc(-c3ccc(F)cc3)nc21. The van der Waals surface area contributed by atoms with Gasteiger partial charge in [0.2, 0.25) is 0 Å². The normalized spacial score (nSPS) is 17.4. The van der Waals surface area contributed by atoms with Crippen molar-refractivity contribution in [1.82, 2.24) is 10.5 Å². The van der Waals surface area contributed by atoms with Crippen molar-refractivity contribution in [2.45, 2.75) is 13.0 Å². The third-order valence-electron chi connectivity index (χ3n) is 2.84. The maximum absolute atomic E-state index is 12.9. The molecule has 2 heterocycles. The molecule has 0 saturated heterocycles. The summed E-state index contributed by atoms with van der Waals surface area (Å²) < 4.78 is 12.9. The van der Waals surface area contributed by atoms with Crippen LogP contribution in [-0.2, 0) is 0 Å². The van der Waals surface area contributed by atoms with E-state index in [0.29, 0.717) is 16.5 Å². The van der Waals surface area contributed by atoms with Crippen LogP contribution in [0.25, 0.3) is 11.3 Å². The average molecular weight is 265 g/mol. The van der Waals surface area contributed by atoms with E-state index in [1.807, 2.05) is 6.92 Å². The Morgan fingerprint density at radius 3 is 2.78 bits per heavy atom. The molecule has 0 aliphatic carbocycles. The first-order valence-electron chi connectivity index (χ1n) is 5.54. The maximum Gasteiger partial charge on any atom is 0.188 e. The number of halogens is 2. The summed E-state index contributed by atoms with van der Waals surface area (Å²) in [4.78, 5) is 9.75. The predicted octanol–water partition coefficient (Wildman–Crippen LogP) is 3.50. The number of fused-ring (bicyclic) bond motifs is 1. The standard InChI is InChI=1S/C13H10ClFN2O/c1-7-12-13(18-17-7)10(14)6-11(16-12)8-2-4-9(15)5-3-8/h2-7,17H,1H3. The first kappa shape index (κ1) is 11.4. The van der Waals surface area contributed by atoms with Gasteiger partial charge in [-0.15, -0.1) is 5.48 Å². The Morgan fingerprint density at radius 1 is 1.33 bits per heavy atom. The Balaban J connectivity index is 2.11. The van der Waals surface area contributed by atoms with Crippen LogP contribution in [-0.4, -0.2) is 4.98 Å². The molecule has 0 saturated carbocycles. The summed E-state index contributed by atoms with van der Waals surface area (Å²) in [5.41, 5.74) is 5.10. The van der Waals surface area contributed by atoms with E-state index in [2.05, 4.69) is 10.5 Å². The van der Waals surface area contributed by atoms with E-state index in [1.54, 1.807) is 18.2 Å². The summed E-state index contributed by atoms with van der Waals surface area (Å²) in [6.07, 6.45) is 0. The molecule has 1 N–H and O–H groups in total. The Morgan fingerprint density at radius 2 is 2.06 bits per heavy atom. The highest BCUT2D eigenvalue weighted by atomic mass is 35.5. The first-order valence-corrected chi connectivity index (χ1v) is 5.91. The number of nitrogens with zero attached hydrogens (tertiary/aromatic N) is 1. The van der Waals surface area contributed by atoms with Gasteiger partial charge in [-0.05, 0) is 37.3 Å². The molecule has 1 unspecified atom stereocenters. The molecule has 18 heavy (non-hydrogen) atoms. The Bertz CT molecular complexity index is 601. The van der Waals surface area contributed by atoms with Crippen molar-refractivity contribution >= 4 is 11.6 Å². The zero-order valence-electron chi connectivity index (χ0n) is 9.58. The zero-order valence-corrected chi connectivity index (χ0v) is 10.3. The van der Waals surface area contributed by atoms with Gasteiger partial charge in [0.05, 0.1) is 16.8 Å². The number of nitrogens with one attached hydrogen (secondary N) is 1. The molecule has 1 aromatic heterocycles. The monoisotopic (exact) mass is 264 g/mol. The topological polar surface area (TPSA) is 34.1 Å². The van der Waals surface area contributed by atoms with Crippen molar-refractivity contribution in [3.8, 4) is 17.0 Å². The number of aromatic nitrogens is 1. The molecule has 2 aromatic rings. The van der Waals surface area contributed by atoms with Gasteiger partial charge in [-0.1, -0.05) is 11.6 Å². The van der Waals surface area contributed by atoms with Gasteiger partial charge in [-0.3, -0.25) is 0 Å². The highest BCUT2D eigenvalue weighted by molar-refractivity contribution is 6.32. The average Bonchev–Trinajstić information content (AvgIpc) is 2.73. The molecular weight excluding hydrogens is 255 g/mol. The molecule has 92 valence electrons. The van der Waals surface area contributed by atoms with E-state index in [1.165, 1.54) is 12.1 Å². The molecule has 1 aromatic carbocycles. The fourth-order valence-electron chi connectivity index (χ4n) is 1.89. The van der Waals surface area contributed by atoms with Crippen molar-refractivity contribution in [1.29, 1.82) is 0 Å². The van der Waals surface area contributed by atoms with Crippen molar-refractivity contribution < 1.29 is 9.23 Å². The van der Waals surface area contributed by atoms with Crippen LogP contribution in [0.2, 0.25) is 5.02 Å². The van der Waals surface area contributed by atoms with Crippen molar-refractivity contribution in [3.05, 3.63) is 46.9 Å². The lowest BCUT2D eigenvalue weighted by Crippen LogP contribution is -2.13. The van der Waals surface area contributed by atoms with E-state index in [9.17, 15) is 4.39 Å². The number of rotatable bonds is 1. The second kappa shape index (κ2) is 4.23. The molecule has 1 aliphatic rings. The molecule has 5 heteroatoms. The summed E-state index contributed by atoms with van der Waals surface area (Å²) >= 11 is 6.14. The van der Waals surface area contributed by atoms with Crippen LogP contribution in [0.5, 0.6) is 5.75 Å². The highest BCUT2D eigenvalue weighted by Gasteiger charge is 2.25. The molecule has 0 bridgehead atoms. The van der Waals surface area contributed by atoms with Gasteiger partial charge in [-0.25, -0.2) is 9.37 Å². The third-order valence-corrected chi connectivity index (χ3v) is 3.12. The number of benzene rings is 1. The van der Waals surface area contributed by atoms with Crippen LogP contribution in [0, 0.1) is 5.82 Å². The molecule has 0 radical (unpaired) electrons. The summed E-state index contributed by atoms with van der Waals surface area (Å²) in [7, 11) is 0. The molecule has 1 atom stereocenters. The van der Waals surface area contributed by atoms with Crippen LogP contribution in [0.15, 0.2) is 30.3 Å². The highest BCUT2D eigenvalue weighted by Crippen LogP contribution is 2.37. The summed E-state index contributed by atoms with van der Waals surface area (Å²) in [5, 5.41) is 0.496. The zero-order chi connectivity index (χ0) is 12.7. The van der Waals surface area contributed by atoms with Crippen LogP contribution < -0.4 is 10.3 Å². The lowest BCUT2D eigenvalue weighted by atomic mass is 10.1. The quantitative estimate of drug-likeness (QED) is 0.856. The fraction of sp³-hybridized carbons (Fsp3) is 0.154. The smallest absolute Gasteiger partial charge is 0.188 e. The number of hydrogen-bond acceptors (Lipinski definition) is 3. The van der Waals surface area contributed by atoms with Crippen LogP contribution in [0.4, 0.5) is 4.39 Å². The van der Waals surface area contributed by atoms with Crippen LogP contribution >= 0.6 is 11.6 Å². The molecule has 3 nitrogen and oxygen atoms in total. The van der Waals surface area contributed by atoms with Gasteiger partial charge >= 0.3 is 0 Å². The van der Waals surface area contributed by atoms with E-state index in [0.717, 1.165) is 11.3 Å². The molecule has 3 rings (SSSR count). The van der Waals surface area contributed by atoms with Gasteiger partial charge in [-0.2, -0.15) is 0 Å². The largest absolute Gasteiger partial charge is 0.404 e.